The number of hydrogen-bond donors (Lipinski definition) is 1. The average molecular weight is 312 g/mol. The molecule has 0 spiro atoms. The van der Waals surface area contributed by atoms with Crippen molar-refractivity contribution in [1.29, 1.82) is 0 Å². The molecule has 1 aromatic rings. The van der Waals surface area contributed by atoms with Crippen LogP contribution in [0.25, 0.3) is 0 Å². The number of halogens is 1. The lowest BCUT2D eigenvalue weighted by molar-refractivity contribution is 0.0938. The summed E-state index contributed by atoms with van der Waals surface area (Å²) in [4.78, 5) is 12.3. The maximum atomic E-state index is 12.3. The van der Waals surface area contributed by atoms with Crippen molar-refractivity contribution in [2.45, 2.75) is 44.5 Å². The van der Waals surface area contributed by atoms with Gasteiger partial charge in [0, 0.05) is 11.6 Å². The number of carbonyl (C=O) groups is 1. The quantitative estimate of drug-likeness (QED) is 0.819. The Morgan fingerprint density at radius 3 is 2.57 bits per heavy atom. The van der Waals surface area contributed by atoms with Gasteiger partial charge < -0.3 is 14.8 Å². The maximum Gasteiger partial charge on any atom is 0.251 e. The van der Waals surface area contributed by atoms with Crippen LogP contribution in [0.5, 0.6) is 11.5 Å². The summed E-state index contributed by atoms with van der Waals surface area (Å²) in [6.45, 7) is 4.90. The zero-order chi connectivity index (χ0) is 15.2. The van der Waals surface area contributed by atoms with Gasteiger partial charge in [-0.3, -0.25) is 4.79 Å². The van der Waals surface area contributed by atoms with Crippen molar-refractivity contribution in [2.75, 3.05) is 13.2 Å². The van der Waals surface area contributed by atoms with Gasteiger partial charge in [0.15, 0.2) is 11.5 Å². The molecular formula is C16H22ClNO3. The van der Waals surface area contributed by atoms with E-state index in [1.54, 1.807) is 18.2 Å². The minimum absolute atomic E-state index is 0.0306. The molecule has 0 saturated heterocycles. The third-order valence-corrected chi connectivity index (χ3v) is 4.08. The van der Waals surface area contributed by atoms with Crippen LogP contribution in [0, 0.1) is 0 Å². The Labute approximate surface area is 130 Å². The van der Waals surface area contributed by atoms with Gasteiger partial charge in [-0.15, -0.1) is 11.6 Å². The third kappa shape index (κ3) is 4.03. The van der Waals surface area contributed by atoms with E-state index in [1.807, 2.05) is 13.8 Å². The lowest BCUT2D eigenvalue weighted by Crippen LogP contribution is -2.37. The Morgan fingerprint density at radius 2 is 1.95 bits per heavy atom. The van der Waals surface area contributed by atoms with Gasteiger partial charge in [0.2, 0.25) is 0 Å². The highest BCUT2D eigenvalue weighted by atomic mass is 35.5. The van der Waals surface area contributed by atoms with Crippen LogP contribution in [0.2, 0.25) is 0 Å². The average Bonchev–Trinajstić information content (AvgIpc) is 2.86. The predicted octanol–water partition coefficient (Wildman–Crippen LogP) is 3.37. The summed E-state index contributed by atoms with van der Waals surface area (Å²) in [6, 6.07) is 5.31. The minimum Gasteiger partial charge on any atom is -0.490 e. The second-order valence-corrected chi connectivity index (χ2v) is 5.61. The molecule has 0 bridgehead atoms. The zero-order valence-corrected chi connectivity index (χ0v) is 13.3. The molecule has 0 aliphatic heterocycles. The number of rotatable bonds is 6. The van der Waals surface area contributed by atoms with Gasteiger partial charge in [0.05, 0.1) is 18.6 Å². The summed E-state index contributed by atoms with van der Waals surface area (Å²) in [5.41, 5.74) is 0.567. The number of carbonyl (C=O) groups excluding carboxylic acids is 1. The van der Waals surface area contributed by atoms with Crippen molar-refractivity contribution in [3.63, 3.8) is 0 Å². The fraction of sp³-hybridized carbons (Fsp3) is 0.562. The summed E-state index contributed by atoms with van der Waals surface area (Å²) >= 11 is 6.20. The standard InChI is InChI=1S/C16H22ClNO3/c1-3-20-14-9-8-11(10-15(14)21-4-2)16(19)18-13-7-5-6-12(13)17/h8-10,12-13H,3-7H2,1-2H3,(H,18,19). The summed E-state index contributed by atoms with van der Waals surface area (Å²) < 4.78 is 11.0. The van der Waals surface area contributed by atoms with E-state index >= 15 is 0 Å². The lowest BCUT2D eigenvalue weighted by Gasteiger charge is -2.17. The molecule has 1 aromatic carbocycles. The van der Waals surface area contributed by atoms with Crippen molar-refractivity contribution < 1.29 is 14.3 Å². The largest absolute Gasteiger partial charge is 0.490 e. The van der Waals surface area contributed by atoms with Gasteiger partial charge in [0.1, 0.15) is 0 Å². The van der Waals surface area contributed by atoms with E-state index in [0.29, 0.717) is 30.3 Å². The predicted molar refractivity (Wildman–Crippen MR) is 83.5 cm³/mol. The molecule has 21 heavy (non-hydrogen) atoms. The van der Waals surface area contributed by atoms with E-state index in [4.69, 9.17) is 21.1 Å². The summed E-state index contributed by atoms with van der Waals surface area (Å²) in [6.07, 6.45) is 2.96. The van der Waals surface area contributed by atoms with E-state index in [1.165, 1.54) is 0 Å². The van der Waals surface area contributed by atoms with E-state index in [2.05, 4.69) is 5.32 Å². The van der Waals surface area contributed by atoms with E-state index in [0.717, 1.165) is 19.3 Å². The topological polar surface area (TPSA) is 47.6 Å². The molecule has 1 saturated carbocycles. The van der Waals surface area contributed by atoms with Gasteiger partial charge in [-0.2, -0.15) is 0 Å². The molecule has 5 heteroatoms. The van der Waals surface area contributed by atoms with Crippen LogP contribution in [-0.2, 0) is 0 Å². The molecule has 1 fully saturated rings. The highest BCUT2D eigenvalue weighted by Crippen LogP contribution is 2.29. The number of ether oxygens (including phenoxy) is 2. The van der Waals surface area contributed by atoms with Crippen LogP contribution < -0.4 is 14.8 Å². The molecule has 2 rings (SSSR count). The molecule has 4 nitrogen and oxygen atoms in total. The number of benzene rings is 1. The second-order valence-electron chi connectivity index (χ2n) is 5.05. The van der Waals surface area contributed by atoms with Crippen LogP contribution in [0.1, 0.15) is 43.5 Å². The van der Waals surface area contributed by atoms with Crippen LogP contribution in [0.15, 0.2) is 18.2 Å². The van der Waals surface area contributed by atoms with Gasteiger partial charge in [-0.1, -0.05) is 0 Å². The van der Waals surface area contributed by atoms with Gasteiger partial charge >= 0.3 is 0 Å². The number of nitrogens with one attached hydrogen (secondary N) is 1. The smallest absolute Gasteiger partial charge is 0.251 e. The molecule has 0 aromatic heterocycles. The maximum absolute atomic E-state index is 12.3. The monoisotopic (exact) mass is 311 g/mol. The van der Waals surface area contributed by atoms with Gasteiger partial charge in [-0.25, -0.2) is 0 Å². The van der Waals surface area contributed by atoms with Crippen molar-refractivity contribution in [3.05, 3.63) is 23.8 Å². The Morgan fingerprint density at radius 1 is 1.24 bits per heavy atom. The highest BCUT2D eigenvalue weighted by molar-refractivity contribution is 6.21. The fourth-order valence-corrected chi connectivity index (χ4v) is 2.86. The number of amides is 1. The molecule has 1 aliphatic rings. The Balaban J connectivity index is 2.11. The zero-order valence-electron chi connectivity index (χ0n) is 12.5. The third-order valence-electron chi connectivity index (χ3n) is 3.55. The number of hydrogen-bond acceptors (Lipinski definition) is 3. The Kier molecular flexibility index (Phi) is 5.74. The van der Waals surface area contributed by atoms with Crippen LogP contribution in [0.4, 0.5) is 0 Å². The van der Waals surface area contributed by atoms with Crippen LogP contribution in [0.3, 0.4) is 0 Å². The van der Waals surface area contributed by atoms with Crippen molar-refractivity contribution >= 4 is 17.5 Å². The van der Waals surface area contributed by atoms with Crippen LogP contribution >= 0.6 is 11.6 Å². The first-order valence-electron chi connectivity index (χ1n) is 7.50. The SMILES string of the molecule is CCOc1ccc(C(=O)NC2CCCC2Cl)cc1OCC. The molecule has 0 radical (unpaired) electrons. The number of alkyl halides is 1. The molecule has 1 aliphatic carbocycles. The summed E-state index contributed by atoms with van der Waals surface area (Å²) in [5, 5.41) is 3.03. The molecule has 2 unspecified atom stereocenters. The molecule has 0 heterocycles. The minimum atomic E-state index is -0.114. The van der Waals surface area contributed by atoms with E-state index < -0.39 is 0 Å². The normalized spacial score (nSPS) is 21.1. The van der Waals surface area contributed by atoms with Gasteiger partial charge in [-0.05, 0) is 51.3 Å². The van der Waals surface area contributed by atoms with Crippen LogP contribution in [-0.4, -0.2) is 30.5 Å². The first kappa shape index (κ1) is 16.0. The summed E-state index contributed by atoms with van der Waals surface area (Å²) in [5.74, 6) is 1.14. The van der Waals surface area contributed by atoms with Crippen molar-refractivity contribution in [2.24, 2.45) is 0 Å². The first-order chi connectivity index (χ1) is 10.2. The van der Waals surface area contributed by atoms with Crippen molar-refractivity contribution in [1.82, 2.24) is 5.32 Å². The molecule has 2 atom stereocenters. The molecule has 1 N–H and O–H groups in total. The molecular weight excluding hydrogens is 290 g/mol. The van der Waals surface area contributed by atoms with Crippen molar-refractivity contribution in [3.8, 4) is 11.5 Å². The molecule has 1 amide bonds. The van der Waals surface area contributed by atoms with E-state index in [-0.39, 0.29) is 17.3 Å². The first-order valence-corrected chi connectivity index (χ1v) is 7.94. The molecule has 116 valence electrons. The second kappa shape index (κ2) is 7.55. The summed E-state index contributed by atoms with van der Waals surface area (Å²) in [7, 11) is 0. The Bertz CT molecular complexity index is 492. The van der Waals surface area contributed by atoms with Gasteiger partial charge in [0.25, 0.3) is 5.91 Å². The fourth-order valence-electron chi connectivity index (χ4n) is 2.52. The lowest BCUT2D eigenvalue weighted by atomic mass is 10.1. The highest BCUT2D eigenvalue weighted by Gasteiger charge is 2.27. The Hall–Kier alpha value is -1.42. The van der Waals surface area contributed by atoms with E-state index in [9.17, 15) is 4.79 Å².